The number of guanidine groups is 1. The normalized spacial score (nSPS) is 11.9. The van der Waals surface area contributed by atoms with Crippen LogP contribution in [0.1, 0.15) is 5.56 Å². The standard InChI is InChI=1S/C18H19ClN6O4S/c19-15-8-23-17(24-18(20)21)14-6-12(3-4-13(14)15)30(28,29)25(10-16(26)27)9-11-2-1-5-22-7-11/h1-8,16,26-27H,9-10H2,(H4,20,21,23,24). The molecule has 2 heterocycles. The average molecular weight is 451 g/mol. The number of aliphatic hydroxyl groups excluding tert-OH is 1. The maximum absolute atomic E-state index is 13.3. The molecular formula is C18H19ClN6O4S. The Morgan fingerprint density at radius 2 is 1.97 bits per heavy atom. The first kappa shape index (κ1) is 21.9. The SMILES string of the molecule is NC(N)=Nc1ncc(Cl)c2ccc(S(=O)(=O)N(Cc3cccnc3)CC(O)O)cc12. The van der Waals surface area contributed by atoms with Crippen LogP contribution in [0.3, 0.4) is 0 Å². The molecule has 0 saturated carbocycles. The molecule has 0 bridgehead atoms. The summed E-state index contributed by atoms with van der Waals surface area (Å²) in [5.41, 5.74) is 11.4. The maximum Gasteiger partial charge on any atom is 0.243 e. The zero-order valence-electron chi connectivity index (χ0n) is 15.6. The lowest BCUT2D eigenvalue weighted by Crippen LogP contribution is -2.37. The van der Waals surface area contributed by atoms with Gasteiger partial charge in [0.1, 0.15) is 0 Å². The number of halogens is 1. The second-order valence-corrected chi connectivity index (χ2v) is 8.66. The summed E-state index contributed by atoms with van der Waals surface area (Å²) in [5, 5.41) is 20.0. The predicted octanol–water partition coefficient (Wildman–Crippen LogP) is 0.690. The van der Waals surface area contributed by atoms with E-state index >= 15 is 0 Å². The Bertz CT molecular complexity index is 1180. The van der Waals surface area contributed by atoms with Gasteiger partial charge in [-0.15, -0.1) is 0 Å². The fourth-order valence-corrected chi connectivity index (χ4v) is 4.49. The van der Waals surface area contributed by atoms with Crippen molar-refractivity contribution < 1.29 is 18.6 Å². The summed E-state index contributed by atoms with van der Waals surface area (Å²) in [6.07, 6.45) is 2.53. The Balaban J connectivity index is 2.11. The second kappa shape index (κ2) is 8.90. The van der Waals surface area contributed by atoms with E-state index in [1.54, 1.807) is 18.3 Å². The number of aromatic nitrogens is 2. The first-order valence-electron chi connectivity index (χ1n) is 8.61. The van der Waals surface area contributed by atoms with Crippen molar-refractivity contribution >= 4 is 44.2 Å². The van der Waals surface area contributed by atoms with Gasteiger partial charge in [0, 0.05) is 35.9 Å². The van der Waals surface area contributed by atoms with Gasteiger partial charge in [-0.05, 0) is 23.8 Å². The second-order valence-electron chi connectivity index (χ2n) is 6.31. The molecule has 30 heavy (non-hydrogen) atoms. The molecule has 0 aliphatic heterocycles. The molecule has 3 aromatic rings. The van der Waals surface area contributed by atoms with Crippen LogP contribution < -0.4 is 11.5 Å². The smallest absolute Gasteiger partial charge is 0.243 e. The van der Waals surface area contributed by atoms with E-state index in [0.717, 1.165) is 4.31 Å². The van der Waals surface area contributed by atoms with Gasteiger partial charge >= 0.3 is 0 Å². The van der Waals surface area contributed by atoms with Gasteiger partial charge in [0.05, 0.1) is 16.5 Å². The monoisotopic (exact) mass is 450 g/mol. The minimum atomic E-state index is -4.14. The van der Waals surface area contributed by atoms with E-state index in [1.165, 1.54) is 30.6 Å². The first-order chi connectivity index (χ1) is 14.2. The minimum absolute atomic E-state index is 0.104. The highest BCUT2D eigenvalue weighted by atomic mass is 35.5. The highest BCUT2D eigenvalue weighted by Crippen LogP contribution is 2.32. The third kappa shape index (κ3) is 4.83. The number of fused-ring (bicyclic) bond motifs is 1. The van der Waals surface area contributed by atoms with Crippen LogP contribution in [0.15, 0.2) is 58.8 Å². The number of hydrogen-bond donors (Lipinski definition) is 4. The number of benzene rings is 1. The van der Waals surface area contributed by atoms with Crippen LogP contribution in [-0.4, -0.2) is 51.7 Å². The van der Waals surface area contributed by atoms with E-state index in [1.807, 2.05) is 0 Å². The summed E-state index contributed by atoms with van der Waals surface area (Å²) < 4.78 is 27.5. The van der Waals surface area contributed by atoms with E-state index < -0.39 is 22.9 Å². The van der Waals surface area contributed by atoms with Crippen molar-refractivity contribution in [1.82, 2.24) is 14.3 Å². The lowest BCUT2D eigenvalue weighted by atomic mass is 10.1. The molecule has 0 spiro atoms. The van der Waals surface area contributed by atoms with Crippen molar-refractivity contribution in [3.63, 3.8) is 0 Å². The van der Waals surface area contributed by atoms with Crippen molar-refractivity contribution in [2.45, 2.75) is 17.7 Å². The number of nitrogens with two attached hydrogens (primary N) is 2. The molecule has 10 nitrogen and oxygen atoms in total. The van der Waals surface area contributed by atoms with Crippen LogP contribution in [0.25, 0.3) is 10.8 Å². The fourth-order valence-electron chi connectivity index (χ4n) is 2.82. The van der Waals surface area contributed by atoms with Crippen LogP contribution in [0, 0.1) is 0 Å². The molecular weight excluding hydrogens is 432 g/mol. The maximum atomic E-state index is 13.3. The molecule has 0 atom stereocenters. The summed E-state index contributed by atoms with van der Waals surface area (Å²) >= 11 is 6.16. The molecule has 6 N–H and O–H groups in total. The van der Waals surface area contributed by atoms with Crippen LogP contribution >= 0.6 is 11.6 Å². The third-order valence-corrected chi connectivity index (χ3v) is 6.22. The lowest BCUT2D eigenvalue weighted by Gasteiger charge is -2.23. The van der Waals surface area contributed by atoms with E-state index in [9.17, 15) is 18.6 Å². The number of aliphatic imine (C=N–C) groups is 1. The molecule has 12 heteroatoms. The van der Waals surface area contributed by atoms with Gasteiger partial charge in [-0.3, -0.25) is 4.98 Å². The van der Waals surface area contributed by atoms with Crippen molar-refractivity contribution in [2.24, 2.45) is 16.5 Å². The van der Waals surface area contributed by atoms with E-state index in [2.05, 4.69) is 15.0 Å². The predicted molar refractivity (Wildman–Crippen MR) is 112 cm³/mol. The Morgan fingerprint density at radius 1 is 1.20 bits per heavy atom. The van der Waals surface area contributed by atoms with Gasteiger partial charge in [0.2, 0.25) is 10.0 Å². The first-order valence-corrected chi connectivity index (χ1v) is 10.4. The van der Waals surface area contributed by atoms with Gasteiger partial charge < -0.3 is 21.7 Å². The van der Waals surface area contributed by atoms with Crippen LogP contribution in [0.2, 0.25) is 5.02 Å². The molecule has 3 rings (SSSR count). The van der Waals surface area contributed by atoms with Crippen LogP contribution in [0.5, 0.6) is 0 Å². The quantitative estimate of drug-likeness (QED) is 0.231. The Kier molecular flexibility index (Phi) is 6.48. The van der Waals surface area contributed by atoms with Gasteiger partial charge in [0.15, 0.2) is 18.1 Å². The zero-order chi connectivity index (χ0) is 21.9. The molecule has 0 aliphatic carbocycles. The highest BCUT2D eigenvalue weighted by Gasteiger charge is 2.27. The Morgan fingerprint density at radius 3 is 2.60 bits per heavy atom. The van der Waals surface area contributed by atoms with E-state index in [4.69, 9.17) is 23.1 Å². The fraction of sp³-hybridized carbons (Fsp3) is 0.167. The highest BCUT2D eigenvalue weighted by molar-refractivity contribution is 7.89. The molecule has 1 aromatic carbocycles. The van der Waals surface area contributed by atoms with Crippen LogP contribution in [-0.2, 0) is 16.6 Å². The topological polar surface area (TPSA) is 168 Å². The largest absolute Gasteiger partial charge is 0.370 e. The van der Waals surface area contributed by atoms with Crippen molar-refractivity contribution in [3.8, 4) is 0 Å². The average Bonchev–Trinajstić information content (AvgIpc) is 2.69. The van der Waals surface area contributed by atoms with Gasteiger partial charge in [-0.2, -0.15) is 9.30 Å². The molecule has 0 fully saturated rings. The summed E-state index contributed by atoms with van der Waals surface area (Å²) in [5.74, 6) is -0.145. The molecule has 0 unspecified atom stereocenters. The van der Waals surface area contributed by atoms with Gasteiger partial charge in [0.25, 0.3) is 0 Å². The molecule has 0 aliphatic rings. The zero-order valence-corrected chi connectivity index (χ0v) is 17.1. The molecule has 0 saturated heterocycles. The molecule has 2 aromatic heterocycles. The van der Waals surface area contributed by atoms with Gasteiger partial charge in [-0.25, -0.2) is 13.4 Å². The molecule has 0 amide bonds. The van der Waals surface area contributed by atoms with Gasteiger partial charge in [-0.1, -0.05) is 23.7 Å². The summed E-state index contributed by atoms with van der Waals surface area (Å²) in [7, 11) is -4.14. The minimum Gasteiger partial charge on any atom is -0.370 e. The number of sulfonamides is 1. The van der Waals surface area contributed by atoms with Crippen molar-refractivity contribution in [2.75, 3.05) is 6.54 Å². The Hall–Kier alpha value is -2.83. The number of hydrogen-bond acceptors (Lipinski definition) is 7. The third-order valence-electron chi connectivity index (χ3n) is 4.11. The van der Waals surface area contributed by atoms with Crippen molar-refractivity contribution in [1.29, 1.82) is 0 Å². The van der Waals surface area contributed by atoms with Crippen LogP contribution in [0.4, 0.5) is 5.82 Å². The molecule has 0 radical (unpaired) electrons. The lowest BCUT2D eigenvalue weighted by molar-refractivity contribution is -0.0501. The van der Waals surface area contributed by atoms with E-state index in [0.29, 0.717) is 21.4 Å². The summed E-state index contributed by atoms with van der Waals surface area (Å²) in [6, 6.07) is 7.55. The molecule has 158 valence electrons. The van der Waals surface area contributed by atoms with E-state index in [-0.39, 0.29) is 23.2 Å². The van der Waals surface area contributed by atoms with Crippen molar-refractivity contribution in [3.05, 3.63) is 59.5 Å². The number of pyridine rings is 2. The summed E-state index contributed by atoms with van der Waals surface area (Å²) in [6.45, 7) is -0.649. The number of aliphatic hydroxyl groups is 2. The summed E-state index contributed by atoms with van der Waals surface area (Å²) in [4.78, 5) is 11.8. The number of nitrogens with zero attached hydrogens (tertiary/aromatic N) is 4. The Labute approximate surface area is 177 Å². The number of rotatable bonds is 7.